The molecule has 1 heterocycles. The largest absolute Gasteiger partial charge is 0.462 e. The van der Waals surface area contributed by atoms with E-state index in [9.17, 15) is 9.59 Å². The SMILES string of the molecule is CCCCOC(=O)c1c(NC(=O)c2ccc(C)c(C)c2)sc2ccccc12. The highest BCUT2D eigenvalue weighted by molar-refractivity contribution is 7.23. The molecule has 0 unspecified atom stereocenters. The van der Waals surface area contributed by atoms with E-state index < -0.39 is 5.97 Å². The topological polar surface area (TPSA) is 55.4 Å². The highest BCUT2D eigenvalue weighted by Crippen LogP contribution is 2.36. The van der Waals surface area contributed by atoms with Gasteiger partial charge in [-0.15, -0.1) is 11.3 Å². The molecule has 3 aromatic rings. The Hall–Kier alpha value is -2.66. The van der Waals surface area contributed by atoms with Gasteiger partial charge in [0.1, 0.15) is 10.6 Å². The van der Waals surface area contributed by atoms with Gasteiger partial charge in [0.2, 0.25) is 0 Å². The Labute approximate surface area is 163 Å². The van der Waals surface area contributed by atoms with Crippen LogP contribution in [0.25, 0.3) is 10.1 Å². The molecule has 0 aliphatic rings. The van der Waals surface area contributed by atoms with E-state index in [4.69, 9.17) is 4.74 Å². The minimum Gasteiger partial charge on any atom is -0.462 e. The summed E-state index contributed by atoms with van der Waals surface area (Å²) in [4.78, 5) is 25.4. The average Bonchev–Trinajstić information content (AvgIpc) is 3.01. The highest BCUT2D eigenvalue weighted by Gasteiger charge is 2.22. The molecule has 5 heteroatoms. The summed E-state index contributed by atoms with van der Waals surface area (Å²) in [5, 5.41) is 4.25. The van der Waals surface area contributed by atoms with Gasteiger partial charge in [0.25, 0.3) is 5.91 Å². The van der Waals surface area contributed by atoms with Crippen molar-refractivity contribution in [3.63, 3.8) is 0 Å². The number of rotatable bonds is 6. The molecule has 0 fully saturated rings. The third kappa shape index (κ3) is 4.19. The lowest BCUT2D eigenvalue weighted by atomic mass is 10.1. The molecule has 0 radical (unpaired) electrons. The molecule has 0 atom stereocenters. The number of esters is 1. The molecule has 0 aliphatic carbocycles. The molecule has 27 heavy (non-hydrogen) atoms. The molecule has 0 saturated carbocycles. The van der Waals surface area contributed by atoms with Crippen molar-refractivity contribution < 1.29 is 14.3 Å². The zero-order valence-corrected chi connectivity index (χ0v) is 16.6. The molecule has 0 spiro atoms. The molecular weight excluding hydrogens is 358 g/mol. The van der Waals surface area contributed by atoms with Gasteiger partial charge >= 0.3 is 5.97 Å². The number of carbonyl (C=O) groups excluding carboxylic acids is 2. The van der Waals surface area contributed by atoms with Crippen LogP contribution in [0.5, 0.6) is 0 Å². The molecule has 4 nitrogen and oxygen atoms in total. The maximum atomic E-state index is 12.7. The molecule has 3 rings (SSSR count). The minimum absolute atomic E-state index is 0.229. The summed E-state index contributed by atoms with van der Waals surface area (Å²) in [7, 11) is 0. The Morgan fingerprint density at radius 1 is 1.07 bits per heavy atom. The van der Waals surface area contributed by atoms with Gasteiger partial charge in [-0.3, -0.25) is 4.79 Å². The second-order valence-corrected chi connectivity index (χ2v) is 7.60. The van der Waals surface area contributed by atoms with Gasteiger partial charge in [0.05, 0.1) is 6.61 Å². The Morgan fingerprint density at radius 2 is 1.85 bits per heavy atom. The number of amides is 1. The van der Waals surface area contributed by atoms with Crippen LogP contribution in [-0.4, -0.2) is 18.5 Å². The Kier molecular flexibility index (Phi) is 5.91. The highest BCUT2D eigenvalue weighted by atomic mass is 32.1. The van der Waals surface area contributed by atoms with Gasteiger partial charge in [0.15, 0.2) is 0 Å². The summed E-state index contributed by atoms with van der Waals surface area (Å²) in [6.45, 7) is 6.41. The van der Waals surface area contributed by atoms with Crippen molar-refractivity contribution in [2.45, 2.75) is 33.6 Å². The summed E-state index contributed by atoms with van der Waals surface area (Å²) < 4.78 is 6.35. The zero-order valence-electron chi connectivity index (χ0n) is 15.8. The minimum atomic E-state index is -0.392. The third-order valence-corrected chi connectivity index (χ3v) is 5.61. The van der Waals surface area contributed by atoms with E-state index in [2.05, 4.69) is 5.32 Å². The lowest BCUT2D eigenvalue weighted by molar-refractivity contribution is 0.0503. The van der Waals surface area contributed by atoms with E-state index in [1.165, 1.54) is 11.3 Å². The summed E-state index contributed by atoms with van der Waals surface area (Å²) in [5.41, 5.74) is 3.19. The number of nitrogens with one attached hydrogen (secondary N) is 1. The van der Waals surface area contributed by atoms with Crippen molar-refractivity contribution in [1.82, 2.24) is 0 Å². The van der Waals surface area contributed by atoms with Crippen molar-refractivity contribution in [2.75, 3.05) is 11.9 Å². The first-order valence-electron chi connectivity index (χ1n) is 9.08. The molecule has 0 aliphatic heterocycles. The van der Waals surface area contributed by atoms with Gasteiger partial charge in [-0.25, -0.2) is 4.79 Å². The van der Waals surface area contributed by atoms with E-state index in [-0.39, 0.29) is 5.91 Å². The first-order valence-corrected chi connectivity index (χ1v) is 9.90. The lowest BCUT2D eigenvalue weighted by Crippen LogP contribution is -2.15. The summed E-state index contributed by atoms with van der Waals surface area (Å²) >= 11 is 1.39. The van der Waals surface area contributed by atoms with Gasteiger partial charge in [-0.05, 0) is 49.6 Å². The number of anilines is 1. The first kappa shape index (κ1) is 19.1. The van der Waals surface area contributed by atoms with Crippen LogP contribution in [0.3, 0.4) is 0 Å². The normalized spacial score (nSPS) is 10.8. The Bertz CT molecular complexity index is 990. The second kappa shape index (κ2) is 8.35. The number of benzene rings is 2. The summed E-state index contributed by atoms with van der Waals surface area (Å²) in [6.07, 6.45) is 1.77. The van der Waals surface area contributed by atoms with Crippen LogP contribution in [0.15, 0.2) is 42.5 Å². The lowest BCUT2D eigenvalue weighted by Gasteiger charge is -2.09. The monoisotopic (exact) mass is 381 g/mol. The van der Waals surface area contributed by atoms with Gasteiger partial charge in [0, 0.05) is 15.6 Å². The average molecular weight is 381 g/mol. The van der Waals surface area contributed by atoms with Crippen LogP contribution in [0.4, 0.5) is 5.00 Å². The molecule has 2 aromatic carbocycles. The zero-order chi connectivity index (χ0) is 19.4. The first-order chi connectivity index (χ1) is 13.0. The molecule has 1 N–H and O–H groups in total. The second-order valence-electron chi connectivity index (χ2n) is 6.54. The van der Waals surface area contributed by atoms with E-state index in [1.54, 1.807) is 6.07 Å². The van der Waals surface area contributed by atoms with Crippen LogP contribution in [-0.2, 0) is 4.74 Å². The maximum absolute atomic E-state index is 12.7. The number of carbonyl (C=O) groups is 2. The van der Waals surface area contributed by atoms with Crippen LogP contribution in [0, 0.1) is 13.8 Å². The van der Waals surface area contributed by atoms with E-state index in [1.807, 2.05) is 57.2 Å². The van der Waals surface area contributed by atoms with Crippen molar-refractivity contribution in [1.29, 1.82) is 0 Å². The fourth-order valence-corrected chi connectivity index (χ4v) is 3.86. The molecule has 0 saturated heterocycles. The predicted octanol–water partition coefficient (Wildman–Crippen LogP) is 5.73. The van der Waals surface area contributed by atoms with Gasteiger partial charge in [-0.2, -0.15) is 0 Å². The van der Waals surface area contributed by atoms with Crippen LogP contribution >= 0.6 is 11.3 Å². The van der Waals surface area contributed by atoms with Gasteiger partial charge < -0.3 is 10.1 Å². The number of unbranched alkanes of at least 4 members (excludes halogenated alkanes) is 1. The predicted molar refractivity (Wildman–Crippen MR) is 111 cm³/mol. The standard InChI is InChI=1S/C22H23NO3S/c1-4-5-12-26-22(25)19-17-8-6-7-9-18(17)27-21(19)23-20(24)16-11-10-14(2)15(3)13-16/h6-11,13H,4-5,12H2,1-3H3,(H,23,24). The quantitative estimate of drug-likeness (QED) is 0.438. The number of aryl methyl sites for hydroxylation is 2. The fourth-order valence-electron chi connectivity index (χ4n) is 2.78. The molecule has 140 valence electrons. The van der Waals surface area contributed by atoms with Crippen LogP contribution in [0.2, 0.25) is 0 Å². The fraction of sp³-hybridized carbons (Fsp3) is 0.273. The number of hydrogen-bond acceptors (Lipinski definition) is 4. The summed E-state index contributed by atoms with van der Waals surface area (Å²) in [6, 6.07) is 13.2. The maximum Gasteiger partial charge on any atom is 0.341 e. The number of fused-ring (bicyclic) bond motifs is 1. The summed E-state index contributed by atoms with van der Waals surface area (Å²) in [5.74, 6) is -0.622. The van der Waals surface area contributed by atoms with E-state index >= 15 is 0 Å². The van der Waals surface area contributed by atoms with Gasteiger partial charge in [-0.1, -0.05) is 37.6 Å². The van der Waals surface area contributed by atoms with Crippen molar-refractivity contribution in [3.05, 3.63) is 64.7 Å². The molecule has 1 amide bonds. The Balaban J connectivity index is 1.93. The molecular formula is C22H23NO3S. The molecule has 0 bridgehead atoms. The molecule has 1 aromatic heterocycles. The number of ether oxygens (including phenoxy) is 1. The smallest absolute Gasteiger partial charge is 0.341 e. The van der Waals surface area contributed by atoms with Crippen molar-refractivity contribution in [3.8, 4) is 0 Å². The Morgan fingerprint density at radius 3 is 2.59 bits per heavy atom. The van der Waals surface area contributed by atoms with E-state index in [0.29, 0.717) is 22.7 Å². The van der Waals surface area contributed by atoms with Crippen molar-refractivity contribution in [2.24, 2.45) is 0 Å². The van der Waals surface area contributed by atoms with Crippen LogP contribution < -0.4 is 5.32 Å². The third-order valence-electron chi connectivity index (χ3n) is 4.53. The number of hydrogen-bond donors (Lipinski definition) is 1. The number of thiophene rings is 1. The van der Waals surface area contributed by atoms with Crippen LogP contribution in [0.1, 0.15) is 51.6 Å². The van der Waals surface area contributed by atoms with Crippen molar-refractivity contribution >= 4 is 38.3 Å². The van der Waals surface area contributed by atoms with E-state index in [0.717, 1.165) is 34.1 Å².